The molecule has 2 aromatic rings. The first-order valence-corrected chi connectivity index (χ1v) is 7.14. The van der Waals surface area contributed by atoms with Crippen molar-refractivity contribution in [3.8, 4) is 0 Å². The predicted octanol–water partition coefficient (Wildman–Crippen LogP) is 3.53. The molecule has 1 unspecified atom stereocenters. The van der Waals surface area contributed by atoms with Crippen molar-refractivity contribution in [1.82, 2.24) is 9.97 Å². The Hall–Kier alpha value is -1.62. The van der Waals surface area contributed by atoms with Crippen LogP contribution in [0.25, 0.3) is 0 Å². The van der Waals surface area contributed by atoms with Gasteiger partial charge in [-0.2, -0.15) is 0 Å². The van der Waals surface area contributed by atoms with Crippen LogP contribution in [0.1, 0.15) is 39.7 Å². The molecule has 0 fully saturated rings. The zero-order valence-electron chi connectivity index (χ0n) is 12.0. The molecular formula is C14H20N4S. The van der Waals surface area contributed by atoms with E-state index >= 15 is 0 Å². The van der Waals surface area contributed by atoms with Crippen molar-refractivity contribution in [3.05, 3.63) is 32.8 Å². The summed E-state index contributed by atoms with van der Waals surface area (Å²) in [4.78, 5) is 11.3. The van der Waals surface area contributed by atoms with Crippen LogP contribution >= 0.6 is 11.3 Å². The van der Waals surface area contributed by atoms with Crippen LogP contribution in [-0.4, -0.2) is 9.97 Å². The number of hydrogen-bond acceptors (Lipinski definition) is 5. The lowest BCUT2D eigenvalue weighted by atomic mass is 10.1. The minimum atomic E-state index is 0.206. The summed E-state index contributed by atoms with van der Waals surface area (Å²) in [6.07, 6.45) is 0. The van der Waals surface area contributed by atoms with Gasteiger partial charge in [0.1, 0.15) is 17.5 Å². The molecule has 4 nitrogen and oxygen atoms in total. The second-order valence-corrected chi connectivity index (χ2v) is 6.32. The second-order valence-electron chi connectivity index (χ2n) is 4.86. The van der Waals surface area contributed by atoms with E-state index in [4.69, 9.17) is 5.73 Å². The molecular weight excluding hydrogens is 256 g/mol. The fourth-order valence-electron chi connectivity index (χ4n) is 2.15. The predicted molar refractivity (Wildman–Crippen MR) is 81.7 cm³/mol. The van der Waals surface area contributed by atoms with Crippen molar-refractivity contribution < 1.29 is 0 Å². The van der Waals surface area contributed by atoms with Crippen LogP contribution in [-0.2, 0) is 0 Å². The molecule has 0 spiro atoms. The normalized spacial score (nSPS) is 12.5. The molecule has 0 aliphatic rings. The van der Waals surface area contributed by atoms with Crippen LogP contribution in [0.4, 0.5) is 11.6 Å². The molecule has 0 aromatic carbocycles. The van der Waals surface area contributed by atoms with Gasteiger partial charge >= 0.3 is 0 Å². The topological polar surface area (TPSA) is 63.8 Å². The van der Waals surface area contributed by atoms with Gasteiger partial charge in [0.2, 0.25) is 0 Å². The third-order valence-corrected chi connectivity index (χ3v) is 4.18. The van der Waals surface area contributed by atoms with Crippen LogP contribution in [0.3, 0.4) is 0 Å². The Morgan fingerprint density at radius 3 is 2.47 bits per heavy atom. The van der Waals surface area contributed by atoms with E-state index in [-0.39, 0.29) is 6.04 Å². The highest BCUT2D eigenvalue weighted by molar-refractivity contribution is 7.12. The molecule has 3 N–H and O–H groups in total. The van der Waals surface area contributed by atoms with Gasteiger partial charge in [0.15, 0.2) is 0 Å². The monoisotopic (exact) mass is 276 g/mol. The third-order valence-electron chi connectivity index (χ3n) is 3.19. The van der Waals surface area contributed by atoms with Crippen LogP contribution in [0.5, 0.6) is 0 Å². The van der Waals surface area contributed by atoms with E-state index in [0.717, 1.165) is 11.4 Å². The Kier molecular flexibility index (Phi) is 3.75. The van der Waals surface area contributed by atoms with E-state index in [0.29, 0.717) is 11.6 Å². The highest BCUT2D eigenvalue weighted by Gasteiger charge is 2.14. The maximum absolute atomic E-state index is 5.88. The molecule has 102 valence electrons. The summed E-state index contributed by atoms with van der Waals surface area (Å²) < 4.78 is 0. The molecule has 2 heterocycles. The average Bonchev–Trinajstić information content (AvgIpc) is 2.64. The first-order chi connectivity index (χ1) is 8.88. The maximum atomic E-state index is 5.88. The van der Waals surface area contributed by atoms with Gasteiger partial charge in [-0.15, -0.1) is 11.3 Å². The zero-order chi connectivity index (χ0) is 14.2. The summed E-state index contributed by atoms with van der Waals surface area (Å²) >= 11 is 1.82. The van der Waals surface area contributed by atoms with Crippen molar-refractivity contribution in [2.75, 3.05) is 11.1 Å². The lowest BCUT2D eigenvalue weighted by molar-refractivity contribution is 0.861. The first-order valence-electron chi connectivity index (χ1n) is 6.32. The molecule has 0 bridgehead atoms. The number of nitrogens with two attached hydrogens (primary N) is 1. The van der Waals surface area contributed by atoms with Crippen molar-refractivity contribution in [2.45, 2.75) is 40.7 Å². The Bertz CT molecular complexity index is 604. The first kappa shape index (κ1) is 13.8. The number of anilines is 2. The smallest absolute Gasteiger partial charge is 0.135 e. The number of aromatic nitrogens is 2. The largest absolute Gasteiger partial charge is 0.383 e. The molecule has 2 rings (SSSR count). The number of aryl methyl sites for hydroxylation is 3. The van der Waals surface area contributed by atoms with Crippen LogP contribution in [0.2, 0.25) is 0 Å². The van der Waals surface area contributed by atoms with Gasteiger partial charge in [0.25, 0.3) is 0 Å². The quantitative estimate of drug-likeness (QED) is 0.900. The molecule has 0 amide bonds. The molecule has 5 heteroatoms. The summed E-state index contributed by atoms with van der Waals surface area (Å²) in [6, 6.07) is 2.43. The highest BCUT2D eigenvalue weighted by atomic mass is 32.1. The molecule has 2 aromatic heterocycles. The molecule has 1 atom stereocenters. The molecule has 0 aliphatic heterocycles. The summed E-state index contributed by atoms with van der Waals surface area (Å²) in [7, 11) is 0. The molecule has 0 radical (unpaired) electrons. The van der Waals surface area contributed by atoms with Crippen molar-refractivity contribution in [1.29, 1.82) is 0 Å². The van der Waals surface area contributed by atoms with E-state index < -0.39 is 0 Å². The standard InChI is InChI=1S/C14H20N4S/c1-7-6-12(10(4)19-7)9(3)16-14-8(2)13(15)17-11(5)18-14/h6,9H,1-5H3,(H3,15,16,17,18). The van der Waals surface area contributed by atoms with Gasteiger partial charge < -0.3 is 11.1 Å². The third kappa shape index (κ3) is 2.87. The van der Waals surface area contributed by atoms with E-state index in [1.165, 1.54) is 15.3 Å². The summed E-state index contributed by atoms with van der Waals surface area (Å²) in [5.41, 5.74) is 8.10. The Balaban J connectivity index is 2.29. The van der Waals surface area contributed by atoms with E-state index in [9.17, 15) is 0 Å². The maximum Gasteiger partial charge on any atom is 0.135 e. The number of nitrogen functional groups attached to an aromatic ring is 1. The van der Waals surface area contributed by atoms with Crippen molar-refractivity contribution in [3.63, 3.8) is 0 Å². The number of nitrogens with zero attached hydrogens (tertiary/aromatic N) is 2. The van der Waals surface area contributed by atoms with Gasteiger partial charge in [-0.1, -0.05) is 0 Å². The molecule has 0 saturated heterocycles. The fraction of sp³-hybridized carbons (Fsp3) is 0.429. The molecule has 0 saturated carbocycles. The Labute approximate surface area is 118 Å². The number of nitrogens with one attached hydrogen (secondary N) is 1. The minimum Gasteiger partial charge on any atom is -0.383 e. The molecule has 19 heavy (non-hydrogen) atoms. The van der Waals surface area contributed by atoms with Gasteiger partial charge in [0.05, 0.1) is 6.04 Å². The zero-order valence-corrected chi connectivity index (χ0v) is 12.9. The number of hydrogen-bond donors (Lipinski definition) is 2. The fourth-order valence-corrected chi connectivity index (χ4v) is 3.18. The van der Waals surface area contributed by atoms with Gasteiger partial charge in [0, 0.05) is 15.3 Å². The SMILES string of the molecule is Cc1nc(N)c(C)c(NC(C)c2cc(C)sc2C)n1. The van der Waals surface area contributed by atoms with Crippen molar-refractivity contribution >= 4 is 23.0 Å². The molecule has 0 aliphatic carbocycles. The number of rotatable bonds is 3. The number of thiophene rings is 1. The van der Waals surface area contributed by atoms with Crippen LogP contribution in [0.15, 0.2) is 6.07 Å². The van der Waals surface area contributed by atoms with Crippen LogP contribution in [0, 0.1) is 27.7 Å². The highest BCUT2D eigenvalue weighted by Crippen LogP contribution is 2.29. The van der Waals surface area contributed by atoms with Crippen LogP contribution < -0.4 is 11.1 Å². The van der Waals surface area contributed by atoms with E-state index in [2.05, 4.69) is 42.1 Å². The van der Waals surface area contributed by atoms with Gasteiger partial charge in [-0.3, -0.25) is 0 Å². The minimum absolute atomic E-state index is 0.206. The average molecular weight is 276 g/mol. The summed E-state index contributed by atoms with van der Waals surface area (Å²) in [6.45, 7) is 10.2. The van der Waals surface area contributed by atoms with Crippen molar-refractivity contribution in [2.24, 2.45) is 0 Å². The lowest BCUT2D eigenvalue weighted by Gasteiger charge is -2.17. The van der Waals surface area contributed by atoms with Gasteiger partial charge in [-0.25, -0.2) is 9.97 Å². The van der Waals surface area contributed by atoms with E-state index in [1.54, 1.807) is 0 Å². The lowest BCUT2D eigenvalue weighted by Crippen LogP contribution is -2.12. The van der Waals surface area contributed by atoms with Gasteiger partial charge in [-0.05, 0) is 46.2 Å². The summed E-state index contributed by atoms with van der Waals surface area (Å²) in [5.74, 6) is 2.05. The second kappa shape index (κ2) is 5.17. The summed E-state index contributed by atoms with van der Waals surface area (Å²) in [5, 5.41) is 3.44. The Morgan fingerprint density at radius 2 is 1.89 bits per heavy atom. The Morgan fingerprint density at radius 1 is 1.21 bits per heavy atom. The van der Waals surface area contributed by atoms with E-state index in [1.807, 2.05) is 25.2 Å².